The van der Waals surface area contributed by atoms with Gasteiger partial charge in [0.25, 0.3) is 0 Å². The highest BCUT2D eigenvalue weighted by Crippen LogP contribution is 2.39. The summed E-state index contributed by atoms with van der Waals surface area (Å²) in [6, 6.07) is 0. The van der Waals surface area contributed by atoms with Gasteiger partial charge in [0, 0.05) is 5.57 Å². The van der Waals surface area contributed by atoms with Crippen molar-refractivity contribution in [3.05, 3.63) is 42.2 Å². The lowest BCUT2D eigenvalue weighted by Gasteiger charge is -1.45. The van der Waals surface area contributed by atoms with Crippen molar-refractivity contribution in [1.29, 1.82) is 0 Å². The average Bonchev–Trinajstić information content (AvgIpc) is 2.17. The summed E-state index contributed by atoms with van der Waals surface area (Å²) in [5.74, 6) is 0. The predicted octanol–water partition coefficient (Wildman–Crippen LogP) is 1.82. The van der Waals surface area contributed by atoms with Crippen molar-refractivity contribution in [3.8, 4) is 0 Å². The molecule has 1 aliphatic rings. The lowest BCUT2D eigenvalue weighted by Crippen LogP contribution is -1.27. The third-order valence-electron chi connectivity index (χ3n) is 1.08. The van der Waals surface area contributed by atoms with Gasteiger partial charge in [-0.25, -0.2) is 0 Å². The van der Waals surface area contributed by atoms with Gasteiger partial charge in [0.1, 0.15) is 0 Å². The van der Waals surface area contributed by atoms with Crippen LogP contribution in [0.3, 0.4) is 0 Å². The Bertz CT molecular complexity index is 172. The second-order valence-electron chi connectivity index (χ2n) is 1.51. The fourth-order valence-corrected chi connectivity index (χ4v) is 0.484. The first kappa shape index (κ1) is 4.17. The third kappa shape index (κ3) is 0.372. The highest BCUT2D eigenvalue weighted by Gasteiger charge is 2.23. The SMILES string of the molecule is C=C=C1C(=C)C1=C. The van der Waals surface area contributed by atoms with E-state index < -0.39 is 0 Å². The summed E-state index contributed by atoms with van der Waals surface area (Å²) in [4.78, 5) is 0. The van der Waals surface area contributed by atoms with Gasteiger partial charge in [-0.3, -0.25) is 0 Å². The fourth-order valence-electron chi connectivity index (χ4n) is 0.484. The molecule has 0 heteroatoms. The van der Waals surface area contributed by atoms with Crippen molar-refractivity contribution in [2.24, 2.45) is 0 Å². The molecule has 0 bridgehead atoms. The van der Waals surface area contributed by atoms with Crippen molar-refractivity contribution >= 4 is 0 Å². The lowest BCUT2D eigenvalue weighted by atomic mass is 10.6. The standard InChI is InChI=1S/C7H6/c1-4-7-5(2)6(7)3/h1-3H2. The summed E-state index contributed by atoms with van der Waals surface area (Å²) < 4.78 is 0. The van der Waals surface area contributed by atoms with E-state index in [2.05, 4.69) is 25.5 Å². The monoisotopic (exact) mass is 90.0 g/mol. The molecule has 1 aliphatic carbocycles. The van der Waals surface area contributed by atoms with Crippen LogP contribution in [0.2, 0.25) is 0 Å². The molecule has 0 radical (unpaired) electrons. The van der Waals surface area contributed by atoms with Crippen LogP contribution in [-0.2, 0) is 0 Å². The van der Waals surface area contributed by atoms with Gasteiger partial charge in [0.05, 0.1) is 0 Å². The molecule has 7 heavy (non-hydrogen) atoms. The molecular formula is C7H6. The van der Waals surface area contributed by atoms with E-state index in [1.165, 1.54) is 0 Å². The van der Waals surface area contributed by atoms with Crippen LogP contribution in [0, 0.1) is 0 Å². The fraction of sp³-hybridized carbons (Fsp3) is 0. The zero-order valence-corrected chi connectivity index (χ0v) is 4.12. The highest BCUT2D eigenvalue weighted by atomic mass is 14.2. The normalized spacial score (nSPS) is 16.9. The van der Waals surface area contributed by atoms with Crippen LogP contribution in [-0.4, -0.2) is 0 Å². The van der Waals surface area contributed by atoms with Crippen LogP contribution in [0.15, 0.2) is 42.2 Å². The summed E-state index contributed by atoms with van der Waals surface area (Å²) in [6.07, 6.45) is 0. The van der Waals surface area contributed by atoms with E-state index in [9.17, 15) is 0 Å². The number of rotatable bonds is 0. The van der Waals surface area contributed by atoms with Crippen LogP contribution < -0.4 is 0 Å². The first-order valence-electron chi connectivity index (χ1n) is 2.06. The van der Waals surface area contributed by atoms with Crippen LogP contribution in [0.25, 0.3) is 0 Å². The Morgan fingerprint density at radius 1 is 1.14 bits per heavy atom. The second kappa shape index (κ2) is 0.988. The zero-order valence-electron chi connectivity index (χ0n) is 4.12. The predicted molar refractivity (Wildman–Crippen MR) is 30.9 cm³/mol. The molecule has 0 saturated heterocycles. The first-order valence-corrected chi connectivity index (χ1v) is 2.06. The van der Waals surface area contributed by atoms with Gasteiger partial charge in [0.15, 0.2) is 0 Å². The molecule has 0 spiro atoms. The number of hydrogen-bond acceptors (Lipinski definition) is 0. The lowest BCUT2D eigenvalue weighted by molar-refractivity contribution is 2.09. The molecule has 0 heterocycles. The van der Waals surface area contributed by atoms with E-state index in [0.29, 0.717) is 0 Å². The minimum atomic E-state index is 1.01. The Balaban J connectivity index is 3.14. The molecule has 0 atom stereocenters. The minimum absolute atomic E-state index is 1.01. The van der Waals surface area contributed by atoms with Gasteiger partial charge < -0.3 is 0 Å². The number of hydrogen-bond donors (Lipinski definition) is 0. The van der Waals surface area contributed by atoms with Gasteiger partial charge in [-0.2, -0.15) is 0 Å². The molecule has 1 rings (SSSR count). The molecule has 0 aliphatic heterocycles. The topological polar surface area (TPSA) is 0 Å². The largest absolute Gasteiger partial charge is 0.119 e. The first-order chi connectivity index (χ1) is 3.27. The minimum Gasteiger partial charge on any atom is -0.119 e. The Labute approximate surface area is 43.2 Å². The Hall–Kier alpha value is -1.00. The van der Waals surface area contributed by atoms with Gasteiger partial charge in [-0.15, -0.1) is 5.73 Å². The van der Waals surface area contributed by atoms with Crippen molar-refractivity contribution in [2.75, 3.05) is 0 Å². The summed E-state index contributed by atoms with van der Waals surface area (Å²) in [7, 11) is 0. The zero-order chi connectivity index (χ0) is 5.44. The van der Waals surface area contributed by atoms with Crippen LogP contribution >= 0.6 is 0 Å². The number of allylic oxidation sites excluding steroid dienone is 3. The third-order valence-corrected chi connectivity index (χ3v) is 1.08. The average molecular weight is 90.1 g/mol. The molecule has 34 valence electrons. The second-order valence-corrected chi connectivity index (χ2v) is 1.51. The maximum atomic E-state index is 3.66. The van der Waals surface area contributed by atoms with E-state index in [1.807, 2.05) is 0 Å². The Kier molecular flexibility index (Phi) is 0.588. The van der Waals surface area contributed by atoms with Gasteiger partial charge >= 0.3 is 0 Å². The van der Waals surface area contributed by atoms with Gasteiger partial charge in [-0.05, 0) is 11.1 Å². The Morgan fingerprint density at radius 3 is 1.57 bits per heavy atom. The highest BCUT2D eigenvalue weighted by molar-refractivity contribution is 5.75. The van der Waals surface area contributed by atoms with E-state index in [0.717, 1.165) is 16.7 Å². The van der Waals surface area contributed by atoms with Crippen LogP contribution in [0.4, 0.5) is 0 Å². The molecule has 1 fully saturated rings. The summed E-state index contributed by atoms with van der Waals surface area (Å²) >= 11 is 0. The molecule has 0 N–H and O–H groups in total. The van der Waals surface area contributed by atoms with E-state index in [4.69, 9.17) is 0 Å². The van der Waals surface area contributed by atoms with Crippen molar-refractivity contribution in [1.82, 2.24) is 0 Å². The smallest absolute Gasteiger partial charge is 0.0303 e. The van der Waals surface area contributed by atoms with Crippen molar-refractivity contribution in [3.63, 3.8) is 0 Å². The maximum absolute atomic E-state index is 3.66. The van der Waals surface area contributed by atoms with E-state index in [-0.39, 0.29) is 0 Å². The van der Waals surface area contributed by atoms with Crippen molar-refractivity contribution < 1.29 is 0 Å². The van der Waals surface area contributed by atoms with Crippen LogP contribution in [0.1, 0.15) is 0 Å². The molecule has 0 aromatic heterocycles. The van der Waals surface area contributed by atoms with E-state index in [1.54, 1.807) is 0 Å². The molecule has 0 unspecified atom stereocenters. The molecule has 0 amide bonds. The molecule has 0 aromatic rings. The Morgan fingerprint density at radius 2 is 1.57 bits per heavy atom. The molecule has 0 aromatic carbocycles. The molecule has 1 saturated carbocycles. The summed E-state index contributed by atoms with van der Waals surface area (Å²) in [5, 5.41) is 0. The quantitative estimate of drug-likeness (QED) is 0.398. The maximum Gasteiger partial charge on any atom is 0.0303 e. The summed E-state index contributed by atoms with van der Waals surface area (Å²) in [6.45, 7) is 10.8. The summed E-state index contributed by atoms with van der Waals surface area (Å²) in [5.41, 5.74) is 5.74. The molecular weight excluding hydrogens is 84.1 g/mol. The van der Waals surface area contributed by atoms with Gasteiger partial charge in [-0.1, -0.05) is 19.7 Å². The molecule has 0 nitrogen and oxygen atoms in total. The van der Waals surface area contributed by atoms with Crippen molar-refractivity contribution in [2.45, 2.75) is 0 Å². The van der Waals surface area contributed by atoms with E-state index >= 15 is 0 Å². The van der Waals surface area contributed by atoms with Gasteiger partial charge in [0.2, 0.25) is 0 Å². The van der Waals surface area contributed by atoms with Crippen LogP contribution in [0.5, 0.6) is 0 Å².